The smallest absolute Gasteiger partial charge is 0.239 e. The van der Waals surface area contributed by atoms with Crippen LogP contribution in [0.4, 0.5) is 0 Å². The van der Waals surface area contributed by atoms with Crippen molar-refractivity contribution >= 4 is 47.6 Å². The fourth-order valence-electron chi connectivity index (χ4n) is 2.70. The second-order valence-electron chi connectivity index (χ2n) is 5.86. The summed E-state index contributed by atoms with van der Waals surface area (Å²) in [5, 5.41) is 0.611. The zero-order valence-corrected chi connectivity index (χ0v) is 16.7. The Balaban J connectivity index is 0.00000312. The van der Waals surface area contributed by atoms with Crippen LogP contribution >= 0.6 is 35.8 Å². The summed E-state index contributed by atoms with van der Waals surface area (Å²) in [5.41, 5.74) is 6.78. The third-order valence-electron chi connectivity index (χ3n) is 4.19. The number of rotatable bonds is 6. The molecule has 0 bridgehead atoms. The van der Waals surface area contributed by atoms with Gasteiger partial charge in [-0.3, -0.25) is 9.59 Å². The average Bonchev–Trinajstić information content (AvgIpc) is 2.61. The zero-order valence-electron chi connectivity index (χ0n) is 14.3. The van der Waals surface area contributed by atoms with E-state index in [1.165, 1.54) is 0 Å². The Bertz CT molecular complexity index is 581. The molecule has 140 valence electrons. The van der Waals surface area contributed by atoms with Crippen LogP contribution in [-0.2, 0) is 16.0 Å². The first-order valence-electron chi connectivity index (χ1n) is 8.07. The number of hydrogen-bond donors (Lipinski definition) is 1. The fraction of sp³-hybridized carbons (Fsp3) is 0.529. The highest BCUT2D eigenvalue weighted by atomic mass is 35.5. The van der Waals surface area contributed by atoms with Crippen LogP contribution in [0.5, 0.6) is 0 Å². The van der Waals surface area contributed by atoms with Crippen LogP contribution in [-0.4, -0.2) is 65.8 Å². The van der Waals surface area contributed by atoms with Crippen molar-refractivity contribution in [3.05, 3.63) is 34.9 Å². The maximum absolute atomic E-state index is 12.4. The molecular weight excluding hydrogens is 381 g/mol. The SMILES string of the molecule is CSCC[C@H](N)C(=O)N1CCN(C(=O)Cc2ccccc2Cl)CC1.Cl. The van der Waals surface area contributed by atoms with Crippen molar-refractivity contribution in [1.29, 1.82) is 0 Å². The average molecular weight is 406 g/mol. The van der Waals surface area contributed by atoms with E-state index < -0.39 is 6.04 Å². The number of carbonyl (C=O) groups is 2. The normalized spacial score (nSPS) is 15.5. The number of carbonyl (C=O) groups excluding carboxylic acids is 2. The summed E-state index contributed by atoms with van der Waals surface area (Å²) >= 11 is 7.80. The molecule has 1 aliphatic rings. The molecular formula is C17H25Cl2N3O2S. The van der Waals surface area contributed by atoms with Crippen molar-refractivity contribution < 1.29 is 9.59 Å². The highest BCUT2D eigenvalue weighted by Crippen LogP contribution is 2.17. The van der Waals surface area contributed by atoms with Gasteiger partial charge in [-0.05, 0) is 30.1 Å². The Kier molecular flexibility index (Phi) is 9.64. The predicted octanol–water partition coefficient (Wildman–Crippen LogP) is 2.06. The minimum absolute atomic E-state index is 0. The molecule has 1 aromatic rings. The van der Waals surface area contributed by atoms with Crippen molar-refractivity contribution in [2.75, 3.05) is 38.2 Å². The predicted molar refractivity (Wildman–Crippen MR) is 107 cm³/mol. The number of benzene rings is 1. The first kappa shape index (κ1) is 22.1. The van der Waals surface area contributed by atoms with E-state index in [1.807, 2.05) is 24.5 Å². The summed E-state index contributed by atoms with van der Waals surface area (Å²) in [6.45, 7) is 2.18. The number of amides is 2. The van der Waals surface area contributed by atoms with Gasteiger partial charge in [0.2, 0.25) is 11.8 Å². The molecule has 1 aromatic carbocycles. The lowest BCUT2D eigenvalue weighted by Crippen LogP contribution is -2.54. The molecule has 25 heavy (non-hydrogen) atoms. The topological polar surface area (TPSA) is 66.6 Å². The molecule has 0 radical (unpaired) electrons. The highest BCUT2D eigenvalue weighted by molar-refractivity contribution is 7.98. The van der Waals surface area contributed by atoms with E-state index in [0.717, 1.165) is 11.3 Å². The maximum atomic E-state index is 12.4. The molecule has 1 saturated heterocycles. The van der Waals surface area contributed by atoms with Gasteiger partial charge in [0, 0.05) is 31.2 Å². The molecule has 1 heterocycles. The molecule has 2 amide bonds. The Hall–Kier alpha value is -0.950. The molecule has 0 unspecified atom stereocenters. The summed E-state index contributed by atoms with van der Waals surface area (Å²) in [5.74, 6) is 0.910. The lowest BCUT2D eigenvalue weighted by molar-refractivity contribution is -0.140. The van der Waals surface area contributed by atoms with Crippen molar-refractivity contribution in [1.82, 2.24) is 9.80 Å². The van der Waals surface area contributed by atoms with Crippen molar-refractivity contribution in [2.45, 2.75) is 18.9 Å². The van der Waals surface area contributed by atoms with Gasteiger partial charge in [0.05, 0.1) is 12.5 Å². The number of hydrogen-bond acceptors (Lipinski definition) is 4. The molecule has 2 N–H and O–H groups in total. The van der Waals surface area contributed by atoms with Crippen LogP contribution in [0, 0.1) is 0 Å². The summed E-state index contributed by atoms with van der Waals surface area (Å²) in [6.07, 6.45) is 2.98. The Morgan fingerprint density at radius 2 is 1.80 bits per heavy atom. The fourth-order valence-corrected chi connectivity index (χ4v) is 3.39. The second kappa shape index (κ2) is 10.9. The molecule has 5 nitrogen and oxygen atoms in total. The lowest BCUT2D eigenvalue weighted by atomic mass is 10.1. The molecule has 1 fully saturated rings. The summed E-state index contributed by atoms with van der Waals surface area (Å²) in [4.78, 5) is 28.3. The largest absolute Gasteiger partial charge is 0.339 e. The minimum atomic E-state index is -0.442. The van der Waals surface area contributed by atoms with Gasteiger partial charge in [0.15, 0.2) is 0 Å². The van der Waals surface area contributed by atoms with E-state index in [1.54, 1.807) is 27.6 Å². The van der Waals surface area contributed by atoms with E-state index >= 15 is 0 Å². The minimum Gasteiger partial charge on any atom is -0.339 e. The van der Waals surface area contributed by atoms with Crippen LogP contribution in [0.15, 0.2) is 24.3 Å². The van der Waals surface area contributed by atoms with Gasteiger partial charge in [-0.2, -0.15) is 11.8 Å². The highest BCUT2D eigenvalue weighted by Gasteiger charge is 2.27. The van der Waals surface area contributed by atoms with E-state index in [9.17, 15) is 9.59 Å². The van der Waals surface area contributed by atoms with E-state index in [0.29, 0.717) is 44.0 Å². The van der Waals surface area contributed by atoms with Gasteiger partial charge in [0.1, 0.15) is 0 Å². The van der Waals surface area contributed by atoms with E-state index in [2.05, 4.69) is 0 Å². The van der Waals surface area contributed by atoms with Gasteiger partial charge in [-0.1, -0.05) is 29.8 Å². The number of nitrogens with two attached hydrogens (primary N) is 1. The number of piperazine rings is 1. The molecule has 1 atom stereocenters. The standard InChI is InChI=1S/C17H24ClN3O2S.ClH/c1-24-11-6-15(19)17(23)21-9-7-20(8-10-21)16(22)12-13-4-2-3-5-14(13)18;/h2-5,15H,6-12,19H2,1H3;1H/t15-;/m0./s1. The van der Waals surface area contributed by atoms with Gasteiger partial charge < -0.3 is 15.5 Å². The van der Waals surface area contributed by atoms with Crippen LogP contribution in [0.3, 0.4) is 0 Å². The molecule has 0 spiro atoms. The van der Waals surface area contributed by atoms with Crippen LogP contribution in [0.25, 0.3) is 0 Å². The third kappa shape index (κ3) is 6.37. The molecule has 0 saturated carbocycles. The molecule has 0 aromatic heterocycles. The van der Waals surface area contributed by atoms with Gasteiger partial charge in [-0.25, -0.2) is 0 Å². The first-order chi connectivity index (χ1) is 11.5. The number of nitrogens with zero attached hydrogens (tertiary/aromatic N) is 2. The molecule has 0 aliphatic carbocycles. The van der Waals surface area contributed by atoms with Gasteiger partial charge >= 0.3 is 0 Å². The first-order valence-corrected chi connectivity index (χ1v) is 9.84. The lowest BCUT2D eigenvalue weighted by Gasteiger charge is -2.36. The quantitative estimate of drug-likeness (QED) is 0.786. The van der Waals surface area contributed by atoms with Crippen molar-refractivity contribution in [2.24, 2.45) is 5.73 Å². The molecule has 2 rings (SSSR count). The summed E-state index contributed by atoms with van der Waals surface area (Å²) in [7, 11) is 0. The Labute approximate surface area is 164 Å². The molecule has 8 heteroatoms. The summed E-state index contributed by atoms with van der Waals surface area (Å²) < 4.78 is 0. The Morgan fingerprint density at radius 3 is 2.40 bits per heavy atom. The molecule has 1 aliphatic heterocycles. The van der Waals surface area contributed by atoms with Crippen molar-refractivity contribution in [3.63, 3.8) is 0 Å². The van der Waals surface area contributed by atoms with Crippen molar-refractivity contribution in [3.8, 4) is 0 Å². The monoisotopic (exact) mass is 405 g/mol. The number of thioether (sulfide) groups is 1. The third-order valence-corrected chi connectivity index (χ3v) is 5.21. The van der Waals surface area contributed by atoms with E-state index in [4.69, 9.17) is 17.3 Å². The summed E-state index contributed by atoms with van der Waals surface area (Å²) in [6, 6.07) is 6.94. The van der Waals surface area contributed by atoms with Crippen LogP contribution < -0.4 is 5.73 Å². The Morgan fingerprint density at radius 1 is 1.20 bits per heavy atom. The maximum Gasteiger partial charge on any atom is 0.239 e. The van der Waals surface area contributed by atoms with Crippen LogP contribution in [0.2, 0.25) is 5.02 Å². The zero-order chi connectivity index (χ0) is 17.5. The second-order valence-corrected chi connectivity index (χ2v) is 7.26. The van der Waals surface area contributed by atoms with Gasteiger partial charge in [-0.15, -0.1) is 12.4 Å². The van der Waals surface area contributed by atoms with E-state index in [-0.39, 0.29) is 24.2 Å². The number of halogens is 2. The van der Waals surface area contributed by atoms with Gasteiger partial charge in [0.25, 0.3) is 0 Å². The van der Waals surface area contributed by atoms with Crippen LogP contribution in [0.1, 0.15) is 12.0 Å².